The first-order chi connectivity index (χ1) is 7.56. The number of hydrogen-bond donors (Lipinski definition) is 1. The Labute approximate surface area is 114 Å². The SMILES string of the molecule is CCC1OCCC1C(=O)NC(C)(CBr)CBr. The van der Waals surface area contributed by atoms with Crippen LogP contribution in [0.5, 0.6) is 0 Å². The predicted octanol–water partition coefficient (Wildman–Crippen LogP) is 2.47. The second kappa shape index (κ2) is 6.36. The highest BCUT2D eigenvalue weighted by Crippen LogP contribution is 2.24. The summed E-state index contributed by atoms with van der Waals surface area (Å²) in [6, 6.07) is 0. The van der Waals surface area contributed by atoms with Gasteiger partial charge in [-0.3, -0.25) is 4.79 Å². The van der Waals surface area contributed by atoms with Gasteiger partial charge in [-0.2, -0.15) is 0 Å². The van der Waals surface area contributed by atoms with Crippen LogP contribution in [0.2, 0.25) is 0 Å². The Hall–Kier alpha value is 0.390. The fourth-order valence-electron chi connectivity index (χ4n) is 1.84. The standard InChI is InChI=1S/C11H19Br2NO2/c1-3-9-8(4-5-16-9)10(15)14-11(2,6-12)7-13/h8-9H,3-7H2,1-2H3,(H,14,15). The summed E-state index contributed by atoms with van der Waals surface area (Å²) in [4.78, 5) is 12.1. The van der Waals surface area contributed by atoms with Gasteiger partial charge in [-0.25, -0.2) is 0 Å². The molecule has 0 saturated carbocycles. The lowest BCUT2D eigenvalue weighted by Gasteiger charge is -2.29. The average molecular weight is 357 g/mol. The lowest BCUT2D eigenvalue weighted by atomic mass is 9.97. The highest BCUT2D eigenvalue weighted by atomic mass is 79.9. The summed E-state index contributed by atoms with van der Waals surface area (Å²) in [7, 11) is 0. The minimum absolute atomic E-state index is 0.0161. The molecule has 1 N–H and O–H groups in total. The first-order valence-electron chi connectivity index (χ1n) is 5.62. The van der Waals surface area contributed by atoms with E-state index in [1.165, 1.54) is 0 Å². The van der Waals surface area contributed by atoms with Crippen molar-refractivity contribution in [1.82, 2.24) is 5.32 Å². The van der Waals surface area contributed by atoms with Crippen LogP contribution in [-0.2, 0) is 9.53 Å². The first kappa shape index (κ1) is 14.5. The summed E-state index contributed by atoms with van der Waals surface area (Å²) in [5.41, 5.74) is -0.224. The number of carbonyl (C=O) groups is 1. The van der Waals surface area contributed by atoms with Crippen molar-refractivity contribution in [3.63, 3.8) is 0 Å². The third-order valence-corrected chi connectivity index (χ3v) is 5.44. The van der Waals surface area contributed by atoms with Crippen LogP contribution in [0.25, 0.3) is 0 Å². The van der Waals surface area contributed by atoms with E-state index in [2.05, 4.69) is 44.1 Å². The van der Waals surface area contributed by atoms with Gasteiger partial charge in [0.2, 0.25) is 5.91 Å². The molecule has 1 rings (SSSR count). The lowest BCUT2D eigenvalue weighted by molar-refractivity contribution is -0.128. The van der Waals surface area contributed by atoms with E-state index in [0.29, 0.717) is 6.61 Å². The topological polar surface area (TPSA) is 38.3 Å². The third kappa shape index (κ3) is 3.44. The van der Waals surface area contributed by atoms with Gasteiger partial charge in [0.1, 0.15) is 0 Å². The molecule has 1 aliphatic heterocycles. The molecule has 1 fully saturated rings. The van der Waals surface area contributed by atoms with E-state index in [1.807, 2.05) is 6.92 Å². The number of alkyl halides is 2. The molecule has 0 radical (unpaired) electrons. The van der Waals surface area contributed by atoms with Gasteiger partial charge in [0.15, 0.2) is 0 Å². The maximum absolute atomic E-state index is 12.1. The van der Waals surface area contributed by atoms with Crippen molar-refractivity contribution < 1.29 is 9.53 Å². The van der Waals surface area contributed by atoms with Crippen LogP contribution >= 0.6 is 31.9 Å². The highest BCUT2D eigenvalue weighted by molar-refractivity contribution is 9.09. The molecule has 0 aromatic rings. The van der Waals surface area contributed by atoms with E-state index in [4.69, 9.17) is 4.74 Å². The fourth-order valence-corrected chi connectivity index (χ4v) is 3.05. The van der Waals surface area contributed by atoms with Crippen molar-refractivity contribution in [1.29, 1.82) is 0 Å². The Balaban J connectivity index is 2.57. The van der Waals surface area contributed by atoms with E-state index in [-0.39, 0.29) is 23.5 Å². The van der Waals surface area contributed by atoms with Crippen LogP contribution in [0.15, 0.2) is 0 Å². The van der Waals surface area contributed by atoms with Crippen molar-refractivity contribution >= 4 is 37.8 Å². The normalized spacial score (nSPS) is 25.8. The molecule has 0 aliphatic carbocycles. The minimum atomic E-state index is -0.224. The maximum atomic E-state index is 12.1. The van der Waals surface area contributed by atoms with Gasteiger partial charge in [0.25, 0.3) is 0 Å². The van der Waals surface area contributed by atoms with Crippen molar-refractivity contribution in [3.8, 4) is 0 Å². The van der Waals surface area contributed by atoms with Gasteiger partial charge in [0.05, 0.1) is 17.6 Å². The molecule has 5 heteroatoms. The number of halogens is 2. The van der Waals surface area contributed by atoms with Crippen molar-refractivity contribution in [2.24, 2.45) is 5.92 Å². The van der Waals surface area contributed by atoms with E-state index < -0.39 is 0 Å². The smallest absolute Gasteiger partial charge is 0.226 e. The van der Waals surface area contributed by atoms with Gasteiger partial charge in [-0.1, -0.05) is 38.8 Å². The molecular weight excluding hydrogens is 338 g/mol. The average Bonchev–Trinajstić information content (AvgIpc) is 2.76. The molecule has 0 aromatic heterocycles. The van der Waals surface area contributed by atoms with E-state index in [1.54, 1.807) is 0 Å². The summed E-state index contributed by atoms with van der Waals surface area (Å²) in [5, 5.41) is 4.56. The Bertz CT molecular complexity index is 244. The van der Waals surface area contributed by atoms with E-state index in [0.717, 1.165) is 23.5 Å². The molecule has 1 heterocycles. The van der Waals surface area contributed by atoms with Crippen molar-refractivity contribution in [3.05, 3.63) is 0 Å². The molecule has 1 saturated heterocycles. The highest BCUT2D eigenvalue weighted by Gasteiger charge is 2.35. The number of hydrogen-bond acceptors (Lipinski definition) is 2. The summed E-state index contributed by atoms with van der Waals surface area (Å²) in [5.74, 6) is 0.133. The van der Waals surface area contributed by atoms with Gasteiger partial charge in [-0.05, 0) is 19.8 Å². The second-order valence-corrected chi connectivity index (χ2v) is 5.65. The summed E-state index contributed by atoms with van der Waals surface area (Å²) in [6.07, 6.45) is 1.83. The largest absolute Gasteiger partial charge is 0.377 e. The summed E-state index contributed by atoms with van der Waals surface area (Å²) in [6.45, 7) is 4.78. The van der Waals surface area contributed by atoms with Crippen LogP contribution in [0.3, 0.4) is 0 Å². The zero-order valence-corrected chi connectivity index (χ0v) is 12.9. The molecule has 94 valence electrons. The number of ether oxygens (including phenoxy) is 1. The van der Waals surface area contributed by atoms with E-state index in [9.17, 15) is 4.79 Å². The quantitative estimate of drug-likeness (QED) is 0.768. The summed E-state index contributed by atoms with van der Waals surface area (Å²) < 4.78 is 5.53. The van der Waals surface area contributed by atoms with Gasteiger partial charge < -0.3 is 10.1 Å². The molecule has 0 aromatic carbocycles. The van der Waals surface area contributed by atoms with Crippen LogP contribution in [0.4, 0.5) is 0 Å². The number of amides is 1. The van der Waals surface area contributed by atoms with Gasteiger partial charge in [-0.15, -0.1) is 0 Å². The van der Waals surface area contributed by atoms with Crippen molar-refractivity contribution in [2.45, 2.75) is 38.3 Å². The van der Waals surface area contributed by atoms with Crippen LogP contribution in [0, 0.1) is 5.92 Å². The molecule has 0 spiro atoms. The minimum Gasteiger partial charge on any atom is -0.377 e. The van der Waals surface area contributed by atoms with Crippen LogP contribution in [0.1, 0.15) is 26.7 Å². The van der Waals surface area contributed by atoms with Gasteiger partial charge >= 0.3 is 0 Å². The lowest BCUT2D eigenvalue weighted by Crippen LogP contribution is -2.52. The Morgan fingerprint density at radius 3 is 2.62 bits per heavy atom. The molecule has 3 nitrogen and oxygen atoms in total. The van der Waals surface area contributed by atoms with Crippen LogP contribution in [-0.4, -0.2) is 34.8 Å². The van der Waals surface area contributed by atoms with Crippen LogP contribution < -0.4 is 5.32 Å². The first-order valence-corrected chi connectivity index (χ1v) is 7.86. The van der Waals surface area contributed by atoms with Crippen molar-refractivity contribution in [2.75, 3.05) is 17.3 Å². The summed E-state index contributed by atoms with van der Waals surface area (Å²) >= 11 is 6.85. The fraction of sp³-hybridized carbons (Fsp3) is 0.909. The number of rotatable bonds is 5. The van der Waals surface area contributed by atoms with E-state index >= 15 is 0 Å². The molecule has 16 heavy (non-hydrogen) atoms. The molecule has 2 atom stereocenters. The Morgan fingerprint density at radius 2 is 2.12 bits per heavy atom. The molecule has 1 aliphatic rings. The maximum Gasteiger partial charge on any atom is 0.226 e. The molecule has 1 amide bonds. The number of carbonyl (C=O) groups excluding carboxylic acids is 1. The molecule has 0 bridgehead atoms. The van der Waals surface area contributed by atoms with Gasteiger partial charge in [0, 0.05) is 17.3 Å². The molecule has 2 unspecified atom stereocenters. The third-order valence-electron chi connectivity index (χ3n) is 2.96. The predicted molar refractivity (Wildman–Crippen MR) is 72.3 cm³/mol. The second-order valence-electron chi connectivity index (χ2n) is 4.53. The zero-order chi connectivity index (χ0) is 12.2. The zero-order valence-electron chi connectivity index (χ0n) is 9.76. The Morgan fingerprint density at radius 1 is 1.50 bits per heavy atom. The molecular formula is C11H19Br2NO2. The monoisotopic (exact) mass is 355 g/mol. The Kier molecular flexibility index (Phi) is 5.74. The number of nitrogens with one attached hydrogen (secondary N) is 1.